The third kappa shape index (κ3) is 5.69. The predicted molar refractivity (Wildman–Crippen MR) is 127 cm³/mol. The quantitative estimate of drug-likeness (QED) is 0.524. The number of piperidine rings is 1. The Morgan fingerprint density at radius 1 is 1.06 bits per heavy atom. The molecule has 3 heterocycles. The first kappa shape index (κ1) is 22.4. The van der Waals surface area contributed by atoms with E-state index < -0.39 is 0 Å². The molecule has 1 aliphatic heterocycles. The number of aromatic nitrogens is 1. The molecule has 1 fully saturated rings. The zero-order chi connectivity index (χ0) is 22.5. The van der Waals surface area contributed by atoms with Gasteiger partial charge in [0, 0.05) is 34.8 Å². The van der Waals surface area contributed by atoms with Crippen molar-refractivity contribution in [2.24, 2.45) is 5.92 Å². The topological polar surface area (TPSA) is 79.4 Å². The molecule has 32 heavy (non-hydrogen) atoms. The largest absolute Gasteiger partial charge is 0.342 e. The Morgan fingerprint density at radius 3 is 2.50 bits per heavy atom. The number of hydrogen-bond acceptors (Lipinski definition) is 6. The summed E-state index contributed by atoms with van der Waals surface area (Å²) in [6.07, 6.45) is 1.88. The lowest BCUT2D eigenvalue weighted by molar-refractivity contribution is -0.131. The van der Waals surface area contributed by atoms with Crippen LogP contribution in [0.2, 0.25) is 0 Å². The standard InChI is InChI=1S/C24H25N3O3S2/c1-16-4-6-17(7-5-16)23(30)18-8-10-27(11-9-18)22(29)13-19-15-32-24(25-19)26-21(28)14-20-3-2-12-31-20/h2-7,12,15,18H,8-11,13-14H2,1H3,(H,25,26,28). The van der Waals surface area contributed by atoms with E-state index >= 15 is 0 Å². The van der Waals surface area contributed by atoms with Crippen LogP contribution < -0.4 is 5.32 Å². The third-order valence-corrected chi connectivity index (χ3v) is 7.28. The molecule has 4 rings (SSSR count). The van der Waals surface area contributed by atoms with Crippen molar-refractivity contribution >= 4 is 45.4 Å². The van der Waals surface area contributed by atoms with Gasteiger partial charge >= 0.3 is 0 Å². The molecule has 0 radical (unpaired) electrons. The van der Waals surface area contributed by atoms with E-state index in [0.717, 1.165) is 16.0 Å². The summed E-state index contributed by atoms with van der Waals surface area (Å²) in [4.78, 5) is 44.8. The fourth-order valence-electron chi connectivity index (χ4n) is 3.79. The van der Waals surface area contributed by atoms with Gasteiger partial charge in [-0.3, -0.25) is 14.4 Å². The van der Waals surface area contributed by atoms with Crippen LogP contribution in [0.4, 0.5) is 5.13 Å². The third-order valence-electron chi connectivity index (χ3n) is 5.60. The first-order valence-electron chi connectivity index (χ1n) is 10.6. The van der Waals surface area contributed by atoms with E-state index in [1.807, 2.05) is 59.0 Å². The molecular formula is C24H25N3O3S2. The summed E-state index contributed by atoms with van der Waals surface area (Å²) in [6, 6.07) is 11.5. The van der Waals surface area contributed by atoms with Crippen molar-refractivity contribution in [3.05, 3.63) is 68.9 Å². The molecular weight excluding hydrogens is 442 g/mol. The number of carbonyl (C=O) groups is 3. The van der Waals surface area contributed by atoms with Gasteiger partial charge in [0.2, 0.25) is 11.8 Å². The van der Waals surface area contributed by atoms with E-state index in [-0.39, 0.29) is 29.9 Å². The zero-order valence-corrected chi connectivity index (χ0v) is 19.5. The highest BCUT2D eigenvalue weighted by Gasteiger charge is 2.28. The molecule has 2 amide bonds. The molecule has 0 bridgehead atoms. The van der Waals surface area contributed by atoms with Gasteiger partial charge in [0.1, 0.15) is 0 Å². The average molecular weight is 468 g/mol. The van der Waals surface area contributed by atoms with Crippen molar-refractivity contribution in [2.45, 2.75) is 32.6 Å². The van der Waals surface area contributed by atoms with Gasteiger partial charge in [-0.05, 0) is 31.2 Å². The Morgan fingerprint density at radius 2 is 1.81 bits per heavy atom. The van der Waals surface area contributed by atoms with Gasteiger partial charge in [0.05, 0.1) is 18.5 Å². The minimum atomic E-state index is -0.111. The van der Waals surface area contributed by atoms with Crippen molar-refractivity contribution in [1.82, 2.24) is 9.88 Å². The second-order valence-electron chi connectivity index (χ2n) is 8.01. The monoisotopic (exact) mass is 467 g/mol. The number of rotatable bonds is 7. The molecule has 1 saturated heterocycles. The number of likely N-dealkylation sites (tertiary alicyclic amines) is 1. The van der Waals surface area contributed by atoms with Crippen molar-refractivity contribution in [1.29, 1.82) is 0 Å². The number of aryl methyl sites for hydroxylation is 1. The molecule has 0 spiro atoms. The number of hydrogen-bond donors (Lipinski definition) is 1. The van der Waals surface area contributed by atoms with Gasteiger partial charge in [-0.15, -0.1) is 22.7 Å². The molecule has 0 atom stereocenters. The van der Waals surface area contributed by atoms with Crippen LogP contribution in [0.5, 0.6) is 0 Å². The fraction of sp³-hybridized carbons (Fsp3) is 0.333. The van der Waals surface area contributed by atoms with Gasteiger partial charge in [0.25, 0.3) is 0 Å². The van der Waals surface area contributed by atoms with Gasteiger partial charge in [-0.2, -0.15) is 0 Å². The van der Waals surface area contributed by atoms with Gasteiger partial charge in [0.15, 0.2) is 10.9 Å². The molecule has 1 aliphatic rings. The van der Waals surface area contributed by atoms with Crippen molar-refractivity contribution < 1.29 is 14.4 Å². The Kier molecular flexibility index (Phi) is 7.12. The lowest BCUT2D eigenvalue weighted by Gasteiger charge is -2.31. The van der Waals surface area contributed by atoms with E-state index in [2.05, 4.69) is 10.3 Å². The van der Waals surface area contributed by atoms with Crippen molar-refractivity contribution in [2.75, 3.05) is 18.4 Å². The Bertz CT molecular complexity index is 1080. The summed E-state index contributed by atoms with van der Waals surface area (Å²) in [5.74, 6) is 0.0266. The number of amides is 2. The molecule has 8 heteroatoms. The summed E-state index contributed by atoms with van der Waals surface area (Å²) in [7, 11) is 0. The summed E-state index contributed by atoms with van der Waals surface area (Å²) >= 11 is 2.87. The highest BCUT2D eigenvalue weighted by molar-refractivity contribution is 7.14. The highest BCUT2D eigenvalue weighted by atomic mass is 32.1. The normalized spacial score (nSPS) is 14.3. The average Bonchev–Trinajstić information content (AvgIpc) is 3.46. The Labute approximate surface area is 195 Å². The van der Waals surface area contributed by atoms with Crippen LogP contribution in [0.3, 0.4) is 0 Å². The van der Waals surface area contributed by atoms with Crippen LogP contribution >= 0.6 is 22.7 Å². The van der Waals surface area contributed by atoms with Crippen molar-refractivity contribution in [3.8, 4) is 0 Å². The van der Waals surface area contributed by atoms with E-state index in [1.165, 1.54) is 11.3 Å². The van der Waals surface area contributed by atoms with Crippen LogP contribution in [0.1, 0.15) is 39.3 Å². The Balaban J connectivity index is 1.25. The maximum absolute atomic E-state index is 12.7. The number of thiophene rings is 1. The minimum absolute atomic E-state index is 0.00740. The molecule has 1 N–H and O–H groups in total. The number of Topliss-reactive ketones (excluding diaryl/α,β-unsaturated/α-hetero) is 1. The first-order valence-corrected chi connectivity index (χ1v) is 12.4. The van der Waals surface area contributed by atoms with Gasteiger partial charge in [-0.1, -0.05) is 35.9 Å². The first-order chi connectivity index (χ1) is 15.5. The molecule has 6 nitrogen and oxygen atoms in total. The molecule has 166 valence electrons. The van der Waals surface area contributed by atoms with E-state index in [1.54, 1.807) is 11.3 Å². The number of nitrogens with one attached hydrogen (secondary N) is 1. The number of carbonyl (C=O) groups excluding carboxylic acids is 3. The number of ketones is 1. The molecule has 2 aromatic heterocycles. The number of nitrogens with zero attached hydrogens (tertiary/aromatic N) is 2. The summed E-state index contributed by atoms with van der Waals surface area (Å²) in [5, 5.41) is 7.07. The maximum Gasteiger partial charge on any atom is 0.231 e. The second kappa shape index (κ2) is 10.2. The summed E-state index contributed by atoms with van der Waals surface area (Å²) < 4.78 is 0. The van der Waals surface area contributed by atoms with Crippen LogP contribution in [-0.2, 0) is 22.4 Å². The van der Waals surface area contributed by atoms with E-state index in [0.29, 0.717) is 43.2 Å². The fourth-order valence-corrected chi connectivity index (χ4v) is 5.22. The highest BCUT2D eigenvalue weighted by Crippen LogP contribution is 2.23. The second-order valence-corrected chi connectivity index (χ2v) is 9.90. The zero-order valence-electron chi connectivity index (χ0n) is 17.9. The number of benzene rings is 1. The molecule has 0 aliphatic carbocycles. The van der Waals surface area contributed by atoms with E-state index in [4.69, 9.17) is 0 Å². The summed E-state index contributed by atoms with van der Waals surface area (Å²) in [5.41, 5.74) is 2.54. The van der Waals surface area contributed by atoms with Crippen LogP contribution in [0.25, 0.3) is 0 Å². The van der Waals surface area contributed by atoms with E-state index in [9.17, 15) is 14.4 Å². The van der Waals surface area contributed by atoms with Crippen LogP contribution in [0, 0.1) is 12.8 Å². The maximum atomic E-state index is 12.7. The lowest BCUT2D eigenvalue weighted by Crippen LogP contribution is -2.41. The SMILES string of the molecule is Cc1ccc(C(=O)C2CCN(C(=O)Cc3csc(NC(=O)Cc4cccs4)n3)CC2)cc1. The molecule has 0 saturated carbocycles. The summed E-state index contributed by atoms with van der Waals surface area (Å²) in [6.45, 7) is 3.16. The number of anilines is 1. The Hall–Kier alpha value is -2.84. The minimum Gasteiger partial charge on any atom is -0.342 e. The van der Waals surface area contributed by atoms with Gasteiger partial charge in [-0.25, -0.2) is 4.98 Å². The van der Waals surface area contributed by atoms with Gasteiger partial charge < -0.3 is 10.2 Å². The van der Waals surface area contributed by atoms with Crippen LogP contribution in [-0.4, -0.2) is 40.6 Å². The lowest BCUT2D eigenvalue weighted by atomic mass is 9.88. The smallest absolute Gasteiger partial charge is 0.231 e. The molecule has 3 aromatic rings. The van der Waals surface area contributed by atoms with Crippen molar-refractivity contribution in [3.63, 3.8) is 0 Å². The van der Waals surface area contributed by atoms with Crippen LogP contribution in [0.15, 0.2) is 47.2 Å². The molecule has 1 aromatic carbocycles. The predicted octanol–water partition coefficient (Wildman–Crippen LogP) is 4.36. The molecule has 0 unspecified atom stereocenters. The number of thiazole rings is 1.